The van der Waals surface area contributed by atoms with Crippen LogP contribution in [-0.2, 0) is 9.53 Å². The molecule has 1 aromatic carbocycles. The molecular weight excluding hydrogens is 407 g/mol. The van der Waals surface area contributed by atoms with Gasteiger partial charge in [0.1, 0.15) is 0 Å². The number of hydrogen-bond donors (Lipinski definition) is 0. The van der Waals surface area contributed by atoms with Crippen LogP contribution in [0.25, 0.3) is 10.4 Å². The summed E-state index contributed by atoms with van der Waals surface area (Å²) in [4.78, 5) is 17.6. The van der Waals surface area contributed by atoms with E-state index in [9.17, 15) is 4.79 Å². The number of esters is 1. The molecule has 0 spiro atoms. The van der Waals surface area contributed by atoms with Crippen molar-refractivity contribution in [3.8, 4) is 0 Å². The van der Waals surface area contributed by atoms with Gasteiger partial charge in [-0.1, -0.05) is 17.2 Å². The Kier molecular flexibility index (Phi) is 4.79. The largest absolute Gasteiger partial charge is 0.469 e. The number of methoxy groups -OCH3 is 1. The minimum Gasteiger partial charge on any atom is -0.469 e. The Morgan fingerprint density at radius 3 is 2.91 bits per heavy atom. The van der Waals surface area contributed by atoms with Crippen LogP contribution in [0.15, 0.2) is 23.3 Å². The number of halogens is 1. The zero-order valence-corrected chi connectivity index (χ0v) is 15.3. The molecule has 0 saturated carbocycles. The molecule has 0 aliphatic carbocycles. The molecule has 2 aliphatic heterocycles. The van der Waals surface area contributed by atoms with E-state index in [0.29, 0.717) is 11.7 Å². The summed E-state index contributed by atoms with van der Waals surface area (Å²) in [5, 5.41) is 3.69. The van der Waals surface area contributed by atoms with Gasteiger partial charge in [0, 0.05) is 26.5 Å². The number of piperidine rings is 1. The summed E-state index contributed by atoms with van der Waals surface area (Å²) in [5.74, 6) is -0.101. The first kappa shape index (κ1) is 16.5. The molecule has 6 nitrogen and oxygen atoms in total. The van der Waals surface area contributed by atoms with Crippen LogP contribution >= 0.6 is 22.6 Å². The highest BCUT2D eigenvalue weighted by Gasteiger charge is 2.49. The number of azide groups is 1. The predicted octanol–water partition coefficient (Wildman–Crippen LogP) is 3.97. The number of carbonyl (C=O) groups is 1. The third-order valence-corrected chi connectivity index (χ3v) is 6.16. The van der Waals surface area contributed by atoms with Crippen LogP contribution in [0.3, 0.4) is 0 Å². The molecule has 122 valence electrons. The first-order valence-electron chi connectivity index (χ1n) is 7.71. The van der Waals surface area contributed by atoms with E-state index in [4.69, 9.17) is 10.3 Å². The molecule has 2 saturated heterocycles. The van der Waals surface area contributed by atoms with Crippen LogP contribution in [-0.4, -0.2) is 37.1 Å². The second kappa shape index (κ2) is 6.67. The number of nitrogens with zero attached hydrogens (tertiary/aromatic N) is 4. The SMILES string of the molecule is COC(=O)C1C(c2ccc(N=[N+]=[N-])c(I)c2)CC2CCC1N2C. The molecule has 0 amide bonds. The molecule has 2 bridgehead atoms. The third kappa shape index (κ3) is 2.93. The molecule has 1 aromatic rings. The summed E-state index contributed by atoms with van der Waals surface area (Å²) in [5.41, 5.74) is 10.4. The van der Waals surface area contributed by atoms with Gasteiger partial charge in [-0.25, -0.2) is 0 Å². The maximum absolute atomic E-state index is 12.4. The van der Waals surface area contributed by atoms with E-state index in [1.165, 1.54) is 7.11 Å². The summed E-state index contributed by atoms with van der Waals surface area (Å²) in [6.07, 6.45) is 3.15. The molecule has 0 aromatic heterocycles. The Morgan fingerprint density at radius 2 is 2.26 bits per heavy atom. The highest BCUT2D eigenvalue weighted by molar-refractivity contribution is 14.1. The Labute approximate surface area is 148 Å². The van der Waals surface area contributed by atoms with E-state index >= 15 is 0 Å². The second-order valence-electron chi connectivity index (χ2n) is 6.26. The number of benzene rings is 1. The molecule has 2 fully saturated rings. The average Bonchev–Trinajstić information content (AvgIpc) is 2.79. The monoisotopic (exact) mass is 426 g/mol. The van der Waals surface area contributed by atoms with Crippen LogP contribution < -0.4 is 0 Å². The topological polar surface area (TPSA) is 78.3 Å². The lowest BCUT2D eigenvalue weighted by molar-refractivity contribution is -0.150. The summed E-state index contributed by atoms with van der Waals surface area (Å²) >= 11 is 2.18. The van der Waals surface area contributed by atoms with Crippen LogP contribution in [0.2, 0.25) is 0 Å². The number of ether oxygens (including phenoxy) is 1. The van der Waals surface area contributed by atoms with Gasteiger partial charge in [-0.3, -0.25) is 9.69 Å². The van der Waals surface area contributed by atoms with Gasteiger partial charge in [0.05, 0.1) is 18.7 Å². The molecule has 4 atom stereocenters. The van der Waals surface area contributed by atoms with Gasteiger partial charge in [0.15, 0.2) is 0 Å². The van der Waals surface area contributed by atoms with Crippen LogP contribution in [0.1, 0.15) is 30.7 Å². The lowest BCUT2D eigenvalue weighted by atomic mass is 9.76. The molecule has 0 N–H and O–H groups in total. The van der Waals surface area contributed by atoms with Crippen molar-refractivity contribution in [2.24, 2.45) is 11.0 Å². The lowest BCUT2D eigenvalue weighted by Gasteiger charge is -2.41. The molecule has 23 heavy (non-hydrogen) atoms. The van der Waals surface area contributed by atoms with Crippen molar-refractivity contribution in [1.82, 2.24) is 4.90 Å². The van der Waals surface area contributed by atoms with E-state index in [2.05, 4.69) is 44.6 Å². The van der Waals surface area contributed by atoms with Gasteiger partial charge >= 0.3 is 5.97 Å². The summed E-state index contributed by atoms with van der Waals surface area (Å²) in [7, 11) is 3.58. The van der Waals surface area contributed by atoms with Gasteiger partial charge in [0.25, 0.3) is 0 Å². The van der Waals surface area contributed by atoms with Gasteiger partial charge in [-0.05, 0) is 66.1 Å². The summed E-state index contributed by atoms with van der Waals surface area (Å²) in [6, 6.07) is 6.64. The average molecular weight is 426 g/mol. The van der Waals surface area contributed by atoms with Gasteiger partial charge < -0.3 is 4.74 Å². The van der Waals surface area contributed by atoms with Crippen molar-refractivity contribution < 1.29 is 9.53 Å². The summed E-state index contributed by atoms with van der Waals surface area (Å²) < 4.78 is 6.01. The number of carbonyl (C=O) groups excluding carboxylic acids is 1. The van der Waals surface area contributed by atoms with Crippen LogP contribution in [0, 0.1) is 9.49 Å². The van der Waals surface area contributed by atoms with Crippen LogP contribution in [0.5, 0.6) is 0 Å². The standard InChI is InChI=1S/C16H19IN4O2/c1-21-10-4-6-14(21)15(16(22)23-2)11(8-10)9-3-5-13(19-20-18)12(17)7-9/h3,5,7,10-11,14-15H,4,6,8H2,1-2H3. The van der Waals surface area contributed by atoms with Gasteiger partial charge in [-0.2, -0.15) is 0 Å². The predicted molar refractivity (Wildman–Crippen MR) is 95.4 cm³/mol. The Morgan fingerprint density at radius 1 is 1.48 bits per heavy atom. The van der Waals surface area contributed by atoms with Gasteiger partial charge in [0.2, 0.25) is 0 Å². The highest BCUT2D eigenvalue weighted by atomic mass is 127. The zero-order valence-electron chi connectivity index (χ0n) is 13.1. The van der Waals surface area contributed by atoms with Gasteiger partial charge in [-0.15, -0.1) is 0 Å². The first-order chi connectivity index (χ1) is 11.1. The fraction of sp³-hybridized carbons (Fsp3) is 0.562. The first-order valence-corrected chi connectivity index (χ1v) is 8.79. The molecular formula is C16H19IN4O2. The lowest BCUT2D eigenvalue weighted by Crippen LogP contribution is -2.49. The summed E-state index contributed by atoms with van der Waals surface area (Å²) in [6.45, 7) is 0. The number of hydrogen-bond acceptors (Lipinski definition) is 4. The van der Waals surface area contributed by atoms with E-state index in [0.717, 1.165) is 28.4 Å². The Balaban J connectivity index is 1.98. The van der Waals surface area contributed by atoms with Crippen LogP contribution in [0.4, 0.5) is 5.69 Å². The Bertz CT molecular complexity index is 674. The minimum absolute atomic E-state index is 0.124. The maximum Gasteiger partial charge on any atom is 0.310 e. The quantitative estimate of drug-likeness (QED) is 0.241. The van der Waals surface area contributed by atoms with E-state index in [1.807, 2.05) is 18.2 Å². The number of rotatable bonds is 3. The van der Waals surface area contributed by atoms with E-state index in [1.54, 1.807) is 0 Å². The molecule has 0 radical (unpaired) electrons. The van der Waals surface area contributed by atoms with Crippen molar-refractivity contribution in [3.05, 3.63) is 37.8 Å². The zero-order chi connectivity index (χ0) is 16.6. The number of fused-ring (bicyclic) bond motifs is 2. The highest BCUT2D eigenvalue weighted by Crippen LogP contribution is 2.47. The molecule has 3 rings (SSSR count). The normalized spacial score (nSPS) is 29.9. The molecule has 2 heterocycles. The Hall–Kier alpha value is -1.31. The van der Waals surface area contributed by atoms with E-state index < -0.39 is 0 Å². The third-order valence-electron chi connectivity index (χ3n) is 5.29. The van der Waals surface area contributed by atoms with Crippen molar-refractivity contribution in [2.75, 3.05) is 14.2 Å². The fourth-order valence-corrected chi connectivity index (χ4v) is 4.80. The van der Waals surface area contributed by atoms with E-state index in [-0.39, 0.29) is 23.8 Å². The molecule has 4 unspecified atom stereocenters. The molecule has 7 heteroatoms. The van der Waals surface area contributed by atoms with Crippen molar-refractivity contribution in [3.63, 3.8) is 0 Å². The fourth-order valence-electron chi connectivity index (χ4n) is 4.15. The smallest absolute Gasteiger partial charge is 0.310 e. The minimum atomic E-state index is -0.134. The maximum atomic E-state index is 12.4. The van der Waals surface area contributed by atoms with Crippen molar-refractivity contribution in [2.45, 2.75) is 37.3 Å². The van der Waals surface area contributed by atoms with Crippen molar-refractivity contribution >= 4 is 34.2 Å². The second-order valence-corrected chi connectivity index (χ2v) is 7.42. The van der Waals surface area contributed by atoms with Crippen molar-refractivity contribution in [1.29, 1.82) is 0 Å². The molecule has 2 aliphatic rings.